The predicted molar refractivity (Wildman–Crippen MR) is 176 cm³/mol. The maximum Gasteiger partial charge on any atom is 0.326 e. The molecule has 4 heterocycles. The summed E-state index contributed by atoms with van der Waals surface area (Å²) < 4.78 is 43.6. The number of rotatable bonds is 8. The molecule has 12 heteroatoms. The molecule has 1 N–H and O–H groups in total. The van der Waals surface area contributed by atoms with Gasteiger partial charge in [-0.25, -0.2) is 17.2 Å². The molecule has 1 aliphatic rings. The Bertz CT molecular complexity index is 2290. The summed E-state index contributed by atoms with van der Waals surface area (Å²) in [5.41, 5.74) is 2.55. The lowest BCUT2D eigenvalue weighted by molar-refractivity contribution is 0.0364. The van der Waals surface area contributed by atoms with Crippen molar-refractivity contribution in [3.8, 4) is 22.6 Å². The highest BCUT2D eigenvalue weighted by atomic mass is 32.2. The number of nitrogens with one attached hydrogen (secondary N) is 1. The van der Waals surface area contributed by atoms with Crippen LogP contribution in [0.4, 0.5) is 0 Å². The van der Waals surface area contributed by atoms with E-state index in [-0.39, 0.29) is 16.1 Å². The van der Waals surface area contributed by atoms with Gasteiger partial charge < -0.3 is 19.0 Å². The molecule has 3 aromatic heterocycles. The first-order valence-electron chi connectivity index (χ1n) is 15.0. The van der Waals surface area contributed by atoms with E-state index in [2.05, 4.69) is 9.88 Å². The highest BCUT2D eigenvalue weighted by molar-refractivity contribution is 7.90. The Labute approximate surface area is 264 Å². The van der Waals surface area contributed by atoms with Gasteiger partial charge in [0.1, 0.15) is 16.8 Å². The molecule has 0 bridgehead atoms. The average Bonchev–Trinajstić information content (AvgIpc) is 3.65. The van der Waals surface area contributed by atoms with Gasteiger partial charge in [-0.2, -0.15) is 0 Å². The summed E-state index contributed by atoms with van der Waals surface area (Å²) in [4.78, 5) is 32.2. The van der Waals surface area contributed by atoms with Crippen LogP contribution in [-0.4, -0.2) is 64.3 Å². The quantitative estimate of drug-likeness (QED) is 0.263. The molecular formula is C34H33N5O6S. The van der Waals surface area contributed by atoms with Crippen LogP contribution in [0.3, 0.4) is 0 Å². The Balaban J connectivity index is 1.41. The topological polar surface area (TPSA) is 121 Å². The fourth-order valence-electron chi connectivity index (χ4n) is 5.98. The minimum Gasteiger partial charge on any atom is -0.454 e. The molecule has 0 amide bonds. The molecule has 0 atom stereocenters. The third-order valence-electron chi connectivity index (χ3n) is 8.47. The van der Waals surface area contributed by atoms with Gasteiger partial charge in [0.2, 0.25) is 0 Å². The molecule has 0 radical (unpaired) electrons. The van der Waals surface area contributed by atoms with E-state index in [1.807, 2.05) is 49.4 Å². The molecule has 7 rings (SSSR count). The summed E-state index contributed by atoms with van der Waals surface area (Å²) in [6, 6.07) is 21.1. The number of benzene rings is 3. The van der Waals surface area contributed by atoms with Crippen molar-refractivity contribution in [2.45, 2.75) is 18.4 Å². The highest BCUT2D eigenvalue weighted by Gasteiger charge is 2.25. The van der Waals surface area contributed by atoms with Crippen LogP contribution in [0.1, 0.15) is 5.56 Å². The number of aryl methyl sites for hydroxylation is 2. The Morgan fingerprint density at radius 3 is 2.37 bits per heavy atom. The number of aromatic amines is 1. The van der Waals surface area contributed by atoms with Crippen molar-refractivity contribution in [2.75, 3.05) is 32.8 Å². The number of aromatic nitrogens is 4. The van der Waals surface area contributed by atoms with E-state index in [4.69, 9.17) is 9.47 Å². The van der Waals surface area contributed by atoms with E-state index < -0.39 is 15.6 Å². The van der Waals surface area contributed by atoms with Gasteiger partial charge >= 0.3 is 5.69 Å². The Morgan fingerprint density at radius 1 is 0.891 bits per heavy atom. The number of hydrogen-bond acceptors (Lipinski definition) is 7. The zero-order chi connectivity index (χ0) is 32.0. The molecule has 1 aliphatic heterocycles. The highest BCUT2D eigenvalue weighted by Crippen LogP contribution is 2.41. The van der Waals surface area contributed by atoms with Crippen LogP contribution in [0.2, 0.25) is 0 Å². The molecular weight excluding hydrogens is 606 g/mol. The van der Waals surface area contributed by atoms with Crippen molar-refractivity contribution >= 4 is 32.0 Å². The van der Waals surface area contributed by atoms with Crippen LogP contribution >= 0.6 is 0 Å². The van der Waals surface area contributed by atoms with Crippen LogP contribution in [-0.2, 0) is 28.4 Å². The number of hydrogen-bond donors (Lipinski definition) is 1. The van der Waals surface area contributed by atoms with Gasteiger partial charge in [0.15, 0.2) is 5.75 Å². The Kier molecular flexibility index (Phi) is 7.63. The smallest absolute Gasteiger partial charge is 0.326 e. The molecule has 46 heavy (non-hydrogen) atoms. The second-order valence-corrected chi connectivity index (χ2v) is 13.3. The second-order valence-electron chi connectivity index (χ2n) is 11.4. The first kappa shape index (κ1) is 29.8. The van der Waals surface area contributed by atoms with E-state index in [1.54, 1.807) is 36.0 Å². The SMILES string of the molecule is Cc1ccc(S(=O)(=O)n2ccc3c(-c4ccc5c([nH]c(=O)n5CCN5CCOCC5)c4Oc4ccccc4)cn(C)c(=O)c32)cc1. The molecule has 0 spiro atoms. The minimum absolute atomic E-state index is 0.0166. The first-order valence-corrected chi connectivity index (χ1v) is 16.5. The van der Waals surface area contributed by atoms with E-state index >= 15 is 0 Å². The molecule has 236 valence electrons. The number of ether oxygens (including phenoxy) is 2. The van der Waals surface area contributed by atoms with E-state index in [1.165, 1.54) is 22.9 Å². The lowest BCUT2D eigenvalue weighted by atomic mass is 10.0. The summed E-state index contributed by atoms with van der Waals surface area (Å²) in [5.74, 6) is 0.943. The van der Waals surface area contributed by atoms with E-state index in [9.17, 15) is 18.0 Å². The number of nitrogens with zero attached hydrogens (tertiary/aromatic N) is 4. The summed E-state index contributed by atoms with van der Waals surface area (Å²) in [7, 11) is -2.49. The monoisotopic (exact) mass is 639 g/mol. The normalized spacial score (nSPS) is 14.3. The van der Waals surface area contributed by atoms with Crippen LogP contribution in [0.15, 0.2) is 99.7 Å². The zero-order valence-corrected chi connectivity index (χ0v) is 26.3. The zero-order valence-electron chi connectivity index (χ0n) is 25.5. The van der Waals surface area contributed by atoms with Crippen molar-refractivity contribution in [2.24, 2.45) is 7.05 Å². The van der Waals surface area contributed by atoms with Crippen LogP contribution in [0, 0.1) is 6.92 Å². The Morgan fingerprint density at radius 2 is 1.63 bits per heavy atom. The molecule has 3 aromatic carbocycles. The maximum absolute atomic E-state index is 13.8. The lowest BCUT2D eigenvalue weighted by Crippen LogP contribution is -2.39. The minimum atomic E-state index is -4.08. The summed E-state index contributed by atoms with van der Waals surface area (Å²) in [6.45, 7) is 6.01. The standard InChI is InChI=1S/C34H33N5O6S/c1-23-8-10-25(11-9-23)46(42,43)39-15-14-26-28(22-36(2)33(40)31(26)39)27-12-13-29-30(32(27)45-24-6-4-3-5-7-24)35-34(41)38(29)17-16-37-18-20-44-21-19-37/h3-15,22H,16-21H2,1-2H3,(H,35,41). The van der Waals surface area contributed by atoms with E-state index in [0.29, 0.717) is 65.3 Å². The van der Waals surface area contributed by atoms with Gasteiger partial charge in [0, 0.05) is 62.1 Å². The second kappa shape index (κ2) is 11.8. The third kappa shape index (κ3) is 5.23. The largest absolute Gasteiger partial charge is 0.454 e. The molecule has 0 saturated carbocycles. The van der Waals surface area contributed by atoms with Crippen molar-refractivity contribution < 1.29 is 17.9 Å². The number of morpholine rings is 1. The van der Waals surface area contributed by atoms with Crippen molar-refractivity contribution in [1.29, 1.82) is 0 Å². The number of fused-ring (bicyclic) bond motifs is 2. The van der Waals surface area contributed by atoms with E-state index in [0.717, 1.165) is 22.6 Å². The third-order valence-corrected chi connectivity index (χ3v) is 10.2. The maximum atomic E-state index is 13.8. The fourth-order valence-corrected chi connectivity index (χ4v) is 7.33. The van der Waals surface area contributed by atoms with Gasteiger partial charge in [-0.05, 0) is 49.4 Å². The average molecular weight is 640 g/mol. The fraction of sp³-hybridized carbons (Fsp3) is 0.235. The van der Waals surface area contributed by atoms with Gasteiger partial charge in [-0.1, -0.05) is 35.9 Å². The van der Waals surface area contributed by atoms with Crippen molar-refractivity contribution in [3.63, 3.8) is 0 Å². The van der Waals surface area contributed by atoms with Crippen LogP contribution in [0.5, 0.6) is 11.5 Å². The number of imidazole rings is 1. The molecule has 6 aromatic rings. The molecule has 1 fully saturated rings. The summed E-state index contributed by atoms with van der Waals surface area (Å²) >= 11 is 0. The van der Waals surface area contributed by atoms with Gasteiger partial charge in [-0.3, -0.25) is 14.3 Å². The summed E-state index contributed by atoms with van der Waals surface area (Å²) in [5, 5.41) is 0.435. The van der Waals surface area contributed by atoms with Gasteiger partial charge in [0.05, 0.1) is 23.6 Å². The van der Waals surface area contributed by atoms with Crippen LogP contribution < -0.4 is 16.0 Å². The van der Waals surface area contributed by atoms with Crippen molar-refractivity contribution in [1.82, 2.24) is 23.0 Å². The predicted octanol–water partition coefficient (Wildman–Crippen LogP) is 4.32. The summed E-state index contributed by atoms with van der Waals surface area (Å²) in [6.07, 6.45) is 3.07. The molecule has 11 nitrogen and oxygen atoms in total. The number of pyridine rings is 1. The van der Waals surface area contributed by atoms with Crippen LogP contribution in [0.25, 0.3) is 33.1 Å². The molecule has 0 unspecified atom stereocenters. The van der Waals surface area contributed by atoms with Gasteiger partial charge in [0.25, 0.3) is 15.6 Å². The number of H-pyrrole nitrogens is 1. The van der Waals surface area contributed by atoms with Crippen molar-refractivity contribution in [3.05, 3.63) is 112 Å². The van der Waals surface area contributed by atoms with Gasteiger partial charge in [-0.15, -0.1) is 0 Å². The number of para-hydroxylation sites is 1. The first-order chi connectivity index (χ1) is 22.2. The molecule has 0 aliphatic carbocycles. The lowest BCUT2D eigenvalue weighted by Gasteiger charge is -2.26. The molecule has 1 saturated heterocycles. The Hall–Kier alpha value is -4.91.